The smallest absolute Gasteiger partial charge is 0.258 e. The van der Waals surface area contributed by atoms with Crippen LogP contribution in [0.2, 0.25) is 15.2 Å². The molecule has 0 fully saturated rings. The molecule has 2 aromatic rings. The molecule has 0 unspecified atom stereocenters. The third-order valence-electron chi connectivity index (χ3n) is 2.49. The van der Waals surface area contributed by atoms with Gasteiger partial charge in [0.15, 0.2) is 0 Å². The standard InChI is InChI=1S/C12H10Cl3N3O/c1-17(2)12(19)8-6-16-18(11(8)15)7-3-4-9(13)10(14)5-7/h3-6H,1-2H3. The predicted molar refractivity (Wildman–Crippen MR) is 76.6 cm³/mol. The van der Waals surface area contributed by atoms with Gasteiger partial charge >= 0.3 is 0 Å². The average Bonchev–Trinajstić information content (AvgIpc) is 2.73. The fourth-order valence-electron chi connectivity index (χ4n) is 1.51. The minimum atomic E-state index is -0.212. The lowest BCUT2D eigenvalue weighted by Gasteiger charge is -2.09. The third kappa shape index (κ3) is 2.71. The van der Waals surface area contributed by atoms with Gasteiger partial charge in [0, 0.05) is 14.1 Å². The van der Waals surface area contributed by atoms with Gasteiger partial charge in [-0.05, 0) is 18.2 Å². The van der Waals surface area contributed by atoms with Gasteiger partial charge in [-0.25, -0.2) is 4.68 Å². The Morgan fingerprint density at radius 3 is 2.47 bits per heavy atom. The number of aromatic nitrogens is 2. The maximum atomic E-state index is 11.9. The molecule has 1 aromatic heterocycles. The van der Waals surface area contributed by atoms with Crippen LogP contribution in [0.4, 0.5) is 0 Å². The van der Waals surface area contributed by atoms with Crippen LogP contribution in [0.15, 0.2) is 24.4 Å². The van der Waals surface area contributed by atoms with E-state index in [-0.39, 0.29) is 11.1 Å². The van der Waals surface area contributed by atoms with Gasteiger partial charge in [-0.1, -0.05) is 34.8 Å². The summed E-state index contributed by atoms with van der Waals surface area (Å²) in [7, 11) is 3.30. The van der Waals surface area contributed by atoms with E-state index in [9.17, 15) is 4.79 Å². The quantitative estimate of drug-likeness (QED) is 0.849. The molecule has 7 heteroatoms. The molecule has 0 aliphatic carbocycles. The normalized spacial score (nSPS) is 10.6. The number of hydrogen-bond acceptors (Lipinski definition) is 2. The van der Waals surface area contributed by atoms with E-state index in [2.05, 4.69) is 5.10 Å². The van der Waals surface area contributed by atoms with Crippen LogP contribution in [-0.2, 0) is 0 Å². The molecular weight excluding hydrogens is 309 g/mol. The van der Waals surface area contributed by atoms with Crippen molar-refractivity contribution in [2.24, 2.45) is 0 Å². The summed E-state index contributed by atoms with van der Waals surface area (Å²) < 4.78 is 1.43. The zero-order valence-corrected chi connectivity index (χ0v) is 12.5. The Morgan fingerprint density at radius 2 is 1.89 bits per heavy atom. The number of rotatable bonds is 2. The molecule has 1 amide bonds. The van der Waals surface area contributed by atoms with Crippen LogP contribution in [0, 0.1) is 0 Å². The van der Waals surface area contributed by atoms with Crippen molar-refractivity contribution in [2.45, 2.75) is 0 Å². The maximum Gasteiger partial charge on any atom is 0.258 e. The van der Waals surface area contributed by atoms with Crippen LogP contribution in [0.1, 0.15) is 10.4 Å². The van der Waals surface area contributed by atoms with Crippen LogP contribution in [0.25, 0.3) is 5.69 Å². The maximum absolute atomic E-state index is 11.9. The summed E-state index contributed by atoms with van der Waals surface area (Å²) in [5.41, 5.74) is 0.968. The Balaban J connectivity index is 2.47. The SMILES string of the molecule is CN(C)C(=O)c1cnn(-c2ccc(Cl)c(Cl)c2)c1Cl. The molecule has 0 saturated carbocycles. The fourth-order valence-corrected chi connectivity index (χ4v) is 2.08. The monoisotopic (exact) mass is 317 g/mol. The summed E-state index contributed by atoms with van der Waals surface area (Å²) in [6.45, 7) is 0. The van der Waals surface area contributed by atoms with E-state index < -0.39 is 0 Å². The molecule has 0 atom stereocenters. The largest absolute Gasteiger partial charge is 0.345 e. The highest BCUT2D eigenvalue weighted by atomic mass is 35.5. The first-order valence-electron chi connectivity index (χ1n) is 5.32. The van der Waals surface area contributed by atoms with Gasteiger partial charge in [0.2, 0.25) is 0 Å². The van der Waals surface area contributed by atoms with E-state index in [0.717, 1.165) is 0 Å². The number of benzene rings is 1. The van der Waals surface area contributed by atoms with Crippen molar-refractivity contribution >= 4 is 40.7 Å². The van der Waals surface area contributed by atoms with Crippen molar-refractivity contribution in [1.29, 1.82) is 0 Å². The van der Waals surface area contributed by atoms with E-state index in [4.69, 9.17) is 34.8 Å². The molecule has 19 heavy (non-hydrogen) atoms. The van der Waals surface area contributed by atoms with Gasteiger partial charge in [-0.15, -0.1) is 0 Å². The Kier molecular flexibility index (Phi) is 4.04. The summed E-state index contributed by atoms with van der Waals surface area (Å²) in [5.74, 6) is -0.212. The summed E-state index contributed by atoms with van der Waals surface area (Å²) >= 11 is 18.0. The van der Waals surface area contributed by atoms with Crippen molar-refractivity contribution in [3.05, 3.63) is 45.2 Å². The molecule has 1 heterocycles. The lowest BCUT2D eigenvalue weighted by molar-refractivity contribution is 0.0828. The number of nitrogens with zero attached hydrogens (tertiary/aromatic N) is 3. The molecule has 0 saturated heterocycles. The van der Waals surface area contributed by atoms with Crippen molar-refractivity contribution in [3.8, 4) is 5.69 Å². The molecule has 1 aromatic carbocycles. The second kappa shape index (κ2) is 5.41. The molecule has 0 radical (unpaired) electrons. The lowest BCUT2D eigenvalue weighted by atomic mass is 10.3. The van der Waals surface area contributed by atoms with Gasteiger partial charge in [0.25, 0.3) is 5.91 Å². The second-order valence-electron chi connectivity index (χ2n) is 4.06. The molecular formula is C12H10Cl3N3O. The number of halogens is 3. The minimum Gasteiger partial charge on any atom is -0.345 e. The van der Waals surface area contributed by atoms with Crippen molar-refractivity contribution in [2.75, 3.05) is 14.1 Å². The fraction of sp³-hybridized carbons (Fsp3) is 0.167. The van der Waals surface area contributed by atoms with Crippen molar-refractivity contribution in [3.63, 3.8) is 0 Å². The van der Waals surface area contributed by atoms with Crippen molar-refractivity contribution < 1.29 is 4.79 Å². The van der Waals surface area contributed by atoms with E-state index >= 15 is 0 Å². The predicted octanol–water partition coefficient (Wildman–Crippen LogP) is 3.53. The third-order valence-corrected chi connectivity index (χ3v) is 3.60. The molecule has 2 rings (SSSR count). The molecule has 0 aliphatic heterocycles. The zero-order valence-electron chi connectivity index (χ0n) is 10.2. The summed E-state index contributed by atoms with van der Waals surface area (Å²) in [5, 5.41) is 5.17. The Labute approximate surface area is 125 Å². The molecule has 100 valence electrons. The van der Waals surface area contributed by atoms with Gasteiger partial charge in [-0.3, -0.25) is 4.79 Å². The number of amides is 1. The molecule has 4 nitrogen and oxygen atoms in total. The Hall–Kier alpha value is -1.23. The molecule has 0 bridgehead atoms. The first kappa shape index (κ1) is 14.2. The van der Waals surface area contributed by atoms with E-state index in [1.54, 1.807) is 32.3 Å². The summed E-state index contributed by atoms with van der Waals surface area (Å²) in [4.78, 5) is 13.3. The highest BCUT2D eigenvalue weighted by Crippen LogP contribution is 2.27. The highest BCUT2D eigenvalue weighted by molar-refractivity contribution is 6.42. The highest BCUT2D eigenvalue weighted by Gasteiger charge is 2.18. The van der Waals surface area contributed by atoms with Crippen LogP contribution < -0.4 is 0 Å². The molecule has 0 N–H and O–H groups in total. The van der Waals surface area contributed by atoms with Crippen molar-refractivity contribution in [1.82, 2.24) is 14.7 Å². The van der Waals surface area contributed by atoms with Gasteiger partial charge < -0.3 is 4.90 Å². The zero-order chi connectivity index (χ0) is 14.2. The van der Waals surface area contributed by atoms with E-state index in [1.807, 2.05) is 0 Å². The van der Waals surface area contributed by atoms with E-state index in [0.29, 0.717) is 21.3 Å². The number of hydrogen-bond donors (Lipinski definition) is 0. The van der Waals surface area contributed by atoms with Gasteiger partial charge in [0.05, 0.1) is 27.5 Å². The Morgan fingerprint density at radius 1 is 1.21 bits per heavy atom. The summed E-state index contributed by atoms with van der Waals surface area (Å²) in [6.07, 6.45) is 1.42. The van der Waals surface area contributed by atoms with Crippen LogP contribution in [0.3, 0.4) is 0 Å². The summed E-state index contributed by atoms with van der Waals surface area (Å²) in [6, 6.07) is 4.99. The average molecular weight is 319 g/mol. The van der Waals surface area contributed by atoms with E-state index in [1.165, 1.54) is 15.8 Å². The van der Waals surface area contributed by atoms with Gasteiger partial charge in [0.1, 0.15) is 5.15 Å². The molecule has 0 aliphatic rings. The molecule has 0 spiro atoms. The number of carbonyl (C=O) groups is 1. The lowest BCUT2D eigenvalue weighted by Crippen LogP contribution is -2.21. The second-order valence-corrected chi connectivity index (χ2v) is 5.23. The topological polar surface area (TPSA) is 38.1 Å². The van der Waals surface area contributed by atoms with Crippen LogP contribution in [-0.4, -0.2) is 34.7 Å². The van der Waals surface area contributed by atoms with Gasteiger partial charge in [-0.2, -0.15) is 5.10 Å². The minimum absolute atomic E-state index is 0.212. The van der Waals surface area contributed by atoms with Crippen LogP contribution in [0.5, 0.6) is 0 Å². The Bertz CT molecular complexity index is 637. The first-order chi connectivity index (χ1) is 8.91. The number of carbonyl (C=O) groups excluding carboxylic acids is 1. The van der Waals surface area contributed by atoms with Crippen LogP contribution >= 0.6 is 34.8 Å². The first-order valence-corrected chi connectivity index (χ1v) is 6.46.